The fraction of sp³-hybridized carbons (Fsp3) is 0.929. The second-order valence-corrected chi connectivity index (χ2v) is 6.12. The fourth-order valence-electron chi connectivity index (χ4n) is 3.16. The number of hydrogen-bond donors (Lipinski definition) is 1. The molecule has 2 rings (SSSR count). The summed E-state index contributed by atoms with van der Waals surface area (Å²) >= 11 is 0. The summed E-state index contributed by atoms with van der Waals surface area (Å²) in [7, 11) is 4.31. The molecular formula is C14H28N4. The van der Waals surface area contributed by atoms with Gasteiger partial charge in [0.1, 0.15) is 0 Å². The van der Waals surface area contributed by atoms with Crippen molar-refractivity contribution in [2.75, 3.05) is 33.7 Å². The first-order valence-corrected chi connectivity index (χ1v) is 7.38. The maximum Gasteiger partial charge on any atom is 0.191 e. The minimum atomic E-state index is 0.504. The molecule has 0 aromatic heterocycles. The van der Waals surface area contributed by atoms with Crippen molar-refractivity contribution in [2.45, 2.75) is 44.6 Å². The molecule has 1 heterocycles. The summed E-state index contributed by atoms with van der Waals surface area (Å²) < 4.78 is 0. The van der Waals surface area contributed by atoms with E-state index in [9.17, 15) is 0 Å². The summed E-state index contributed by atoms with van der Waals surface area (Å²) in [4.78, 5) is 9.27. The third kappa shape index (κ3) is 3.87. The highest BCUT2D eigenvalue weighted by molar-refractivity contribution is 5.78. The Hall–Kier alpha value is -0.770. The summed E-state index contributed by atoms with van der Waals surface area (Å²) in [5, 5.41) is 0. The van der Waals surface area contributed by atoms with Crippen LogP contribution in [0.15, 0.2) is 4.99 Å². The molecule has 18 heavy (non-hydrogen) atoms. The first kappa shape index (κ1) is 13.7. The lowest BCUT2D eigenvalue weighted by atomic mass is 9.96. The lowest BCUT2D eigenvalue weighted by molar-refractivity contribution is 0.217. The van der Waals surface area contributed by atoms with Gasteiger partial charge < -0.3 is 15.5 Å². The minimum absolute atomic E-state index is 0.504. The number of piperidine rings is 1. The molecule has 0 aromatic rings. The van der Waals surface area contributed by atoms with Gasteiger partial charge in [0.05, 0.1) is 6.04 Å². The normalized spacial score (nSPS) is 24.2. The highest BCUT2D eigenvalue weighted by Crippen LogP contribution is 2.22. The van der Waals surface area contributed by atoms with E-state index in [-0.39, 0.29) is 0 Å². The van der Waals surface area contributed by atoms with Gasteiger partial charge in [-0.2, -0.15) is 0 Å². The molecule has 0 aromatic carbocycles. The molecule has 2 N–H and O–H groups in total. The van der Waals surface area contributed by atoms with Crippen molar-refractivity contribution in [2.24, 2.45) is 16.6 Å². The zero-order valence-electron chi connectivity index (χ0n) is 11.9. The molecule has 0 atom stereocenters. The predicted octanol–water partition coefficient (Wildman–Crippen LogP) is 1.52. The van der Waals surface area contributed by atoms with Crippen LogP contribution in [-0.4, -0.2) is 55.5 Å². The van der Waals surface area contributed by atoms with Gasteiger partial charge >= 0.3 is 0 Å². The smallest absolute Gasteiger partial charge is 0.191 e. The Morgan fingerprint density at radius 2 is 1.78 bits per heavy atom. The van der Waals surface area contributed by atoms with Crippen molar-refractivity contribution in [3.8, 4) is 0 Å². The van der Waals surface area contributed by atoms with Crippen LogP contribution in [0.1, 0.15) is 38.5 Å². The Morgan fingerprint density at radius 3 is 2.33 bits per heavy atom. The van der Waals surface area contributed by atoms with Crippen molar-refractivity contribution in [1.82, 2.24) is 9.80 Å². The molecule has 2 aliphatic rings. The van der Waals surface area contributed by atoms with Crippen LogP contribution in [-0.2, 0) is 0 Å². The highest BCUT2D eigenvalue weighted by atomic mass is 15.3. The van der Waals surface area contributed by atoms with E-state index in [0.717, 1.165) is 25.0 Å². The molecule has 0 unspecified atom stereocenters. The molecule has 1 saturated carbocycles. The lowest BCUT2D eigenvalue weighted by Gasteiger charge is -2.34. The maximum atomic E-state index is 6.14. The van der Waals surface area contributed by atoms with Gasteiger partial charge in [0.2, 0.25) is 0 Å². The van der Waals surface area contributed by atoms with Crippen molar-refractivity contribution < 1.29 is 0 Å². The monoisotopic (exact) mass is 252 g/mol. The van der Waals surface area contributed by atoms with Crippen LogP contribution in [0, 0.1) is 5.92 Å². The Kier molecular flexibility index (Phi) is 4.87. The maximum absolute atomic E-state index is 6.14. The van der Waals surface area contributed by atoms with Crippen LogP contribution in [0.2, 0.25) is 0 Å². The number of guanidine groups is 1. The van der Waals surface area contributed by atoms with E-state index >= 15 is 0 Å². The molecule has 0 amide bonds. The van der Waals surface area contributed by atoms with E-state index in [4.69, 9.17) is 10.7 Å². The summed E-state index contributed by atoms with van der Waals surface area (Å²) in [6.45, 7) is 3.37. The van der Waals surface area contributed by atoms with Gasteiger partial charge in [0, 0.05) is 19.6 Å². The van der Waals surface area contributed by atoms with Crippen molar-refractivity contribution in [1.29, 1.82) is 0 Å². The second kappa shape index (κ2) is 6.41. The molecule has 2 fully saturated rings. The second-order valence-electron chi connectivity index (χ2n) is 6.12. The molecule has 4 heteroatoms. The van der Waals surface area contributed by atoms with Crippen LogP contribution in [0.4, 0.5) is 0 Å². The van der Waals surface area contributed by atoms with Crippen molar-refractivity contribution in [3.63, 3.8) is 0 Å². The van der Waals surface area contributed by atoms with E-state index in [1.54, 1.807) is 0 Å². The fourth-order valence-corrected chi connectivity index (χ4v) is 3.16. The van der Waals surface area contributed by atoms with Gasteiger partial charge in [-0.15, -0.1) is 0 Å². The summed E-state index contributed by atoms with van der Waals surface area (Å²) in [6, 6.07) is 0.504. The average molecular weight is 252 g/mol. The van der Waals surface area contributed by atoms with Crippen molar-refractivity contribution in [3.05, 3.63) is 0 Å². The van der Waals surface area contributed by atoms with Gasteiger partial charge in [-0.05, 0) is 45.7 Å². The first-order chi connectivity index (χ1) is 8.65. The van der Waals surface area contributed by atoms with E-state index in [1.165, 1.54) is 45.1 Å². The standard InChI is InChI=1S/C14H28N4/c1-17(2)11-12-7-9-18(10-8-12)14(15)16-13-5-3-4-6-13/h12-13H,3-11H2,1-2H3,(H2,15,16). The van der Waals surface area contributed by atoms with Gasteiger partial charge in [-0.25, -0.2) is 4.99 Å². The van der Waals surface area contributed by atoms with Crippen LogP contribution in [0.3, 0.4) is 0 Å². The zero-order valence-corrected chi connectivity index (χ0v) is 11.9. The van der Waals surface area contributed by atoms with Crippen LogP contribution in [0.25, 0.3) is 0 Å². The quantitative estimate of drug-likeness (QED) is 0.612. The van der Waals surface area contributed by atoms with Gasteiger partial charge in [0.15, 0.2) is 5.96 Å². The number of aliphatic imine (C=N–C) groups is 1. The topological polar surface area (TPSA) is 44.9 Å². The van der Waals surface area contributed by atoms with Crippen molar-refractivity contribution >= 4 is 5.96 Å². The highest BCUT2D eigenvalue weighted by Gasteiger charge is 2.22. The number of hydrogen-bond acceptors (Lipinski definition) is 2. The molecule has 4 nitrogen and oxygen atoms in total. The van der Waals surface area contributed by atoms with Gasteiger partial charge in [0.25, 0.3) is 0 Å². The Morgan fingerprint density at radius 1 is 1.17 bits per heavy atom. The number of nitrogens with two attached hydrogens (primary N) is 1. The first-order valence-electron chi connectivity index (χ1n) is 7.38. The number of rotatable bonds is 3. The minimum Gasteiger partial charge on any atom is -0.370 e. The summed E-state index contributed by atoms with van der Waals surface area (Å²) in [5.41, 5.74) is 6.14. The average Bonchev–Trinajstić information content (AvgIpc) is 2.82. The van der Waals surface area contributed by atoms with Crippen LogP contribution < -0.4 is 5.73 Å². The molecule has 0 radical (unpaired) electrons. The SMILES string of the molecule is CN(C)CC1CCN(C(N)=NC2CCCC2)CC1. The third-order valence-corrected chi connectivity index (χ3v) is 4.20. The number of likely N-dealkylation sites (tertiary alicyclic amines) is 1. The van der Waals surface area contributed by atoms with E-state index in [2.05, 4.69) is 23.9 Å². The van der Waals surface area contributed by atoms with Crippen LogP contribution in [0.5, 0.6) is 0 Å². The largest absolute Gasteiger partial charge is 0.370 e. The molecule has 104 valence electrons. The lowest BCUT2D eigenvalue weighted by Crippen LogP contribution is -2.44. The van der Waals surface area contributed by atoms with Gasteiger partial charge in [-0.1, -0.05) is 12.8 Å². The Bertz CT molecular complexity index is 274. The van der Waals surface area contributed by atoms with E-state index in [1.807, 2.05) is 0 Å². The Balaban J connectivity index is 1.78. The van der Waals surface area contributed by atoms with Crippen LogP contribution >= 0.6 is 0 Å². The zero-order chi connectivity index (χ0) is 13.0. The summed E-state index contributed by atoms with van der Waals surface area (Å²) in [5.74, 6) is 1.63. The van der Waals surface area contributed by atoms with Gasteiger partial charge in [-0.3, -0.25) is 0 Å². The van der Waals surface area contributed by atoms with E-state index < -0.39 is 0 Å². The molecule has 1 aliphatic heterocycles. The molecule has 1 saturated heterocycles. The van der Waals surface area contributed by atoms with E-state index in [0.29, 0.717) is 6.04 Å². The molecule has 0 bridgehead atoms. The molecule has 1 aliphatic carbocycles. The number of nitrogens with zero attached hydrogens (tertiary/aromatic N) is 3. The summed E-state index contributed by atoms with van der Waals surface area (Å²) in [6.07, 6.45) is 7.62. The third-order valence-electron chi connectivity index (χ3n) is 4.20. The Labute approximate surface area is 111 Å². The predicted molar refractivity (Wildman–Crippen MR) is 76.7 cm³/mol. The molecule has 0 spiro atoms. The molecular weight excluding hydrogens is 224 g/mol.